The lowest BCUT2D eigenvalue weighted by atomic mass is 10.2. The van der Waals surface area contributed by atoms with Crippen molar-refractivity contribution in [2.45, 2.75) is 39.8 Å². The van der Waals surface area contributed by atoms with Gasteiger partial charge in [0.05, 0.1) is 33.7 Å². The van der Waals surface area contributed by atoms with Crippen LogP contribution in [0.4, 0.5) is 0 Å². The Morgan fingerprint density at radius 1 is 1.25 bits per heavy atom. The molecule has 3 heterocycles. The van der Waals surface area contributed by atoms with E-state index in [1.807, 2.05) is 31.2 Å². The third kappa shape index (κ3) is 2.90. The first-order chi connectivity index (χ1) is 13.4. The Morgan fingerprint density at radius 3 is 2.71 bits per heavy atom. The summed E-state index contributed by atoms with van der Waals surface area (Å²) < 4.78 is 2.14. The number of aromatic amines is 1. The van der Waals surface area contributed by atoms with E-state index < -0.39 is 0 Å². The fourth-order valence-electron chi connectivity index (χ4n) is 3.53. The van der Waals surface area contributed by atoms with Crippen LogP contribution in [0.15, 0.2) is 35.4 Å². The number of benzene rings is 1. The first-order valence-electron chi connectivity index (χ1n) is 9.13. The predicted molar refractivity (Wildman–Crippen MR) is 111 cm³/mol. The second-order valence-electron chi connectivity index (χ2n) is 7.09. The molecule has 1 aromatic carbocycles. The lowest BCUT2D eigenvalue weighted by Gasteiger charge is -2.18. The third-order valence-electron chi connectivity index (χ3n) is 4.81. The van der Waals surface area contributed by atoms with Gasteiger partial charge < -0.3 is 14.9 Å². The molecule has 8 heteroatoms. The number of hydrogen-bond acceptors (Lipinski definition) is 5. The summed E-state index contributed by atoms with van der Waals surface area (Å²) >= 11 is 1.23. The predicted octanol–water partition coefficient (Wildman–Crippen LogP) is 3.71. The van der Waals surface area contributed by atoms with Crippen molar-refractivity contribution < 1.29 is 4.79 Å². The Kier molecular flexibility index (Phi) is 4.50. The van der Waals surface area contributed by atoms with Gasteiger partial charge in [-0.1, -0.05) is 12.1 Å². The SMILES string of the molecule is Cc1c(C(=O)N[C@H](C)c2nc3ccccc3n2C(C)C)sc2nc[nH]c(=O)c12. The van der Waals surface area contributed by atoms with Crippen LogP contribution in [0.5, 0.6) is 0 Å². The molecule has 0 spiro atoms. The van der Waals surface area contributed by atoms with Crippen molar-refractivity contribution in [2.75, 3.05) is 0 Å². The highest BCUT2D eigenvalue weighted by molar-refractivity contribution is 7.20. The Morgan fingerprint density at radius 2 is 2.00 bits per heavy atom. The topological polar surface area (TPSA) is 92.7 Å². The van der Waals surface area contributed by atoms with Crippen molar-refractivity contribution in [3.63, 3.8) is 0 Å². The van der Waals surface area contributed by atoms with Gasteiger partial charge in [-0.3, -0.25) is 9.59 Å². The maximum atomic E-state index is 12.9. The zero-order valence-electron chi connectivity index (χ0n) is 16.1. The normalized spacial score (nSPS) is 12.8. The zero-order valence-corrected chi connectivity index (χ0v) is 16.9. The Hall–Kier alpha value is -3.00. The number of para-hydroxylation sites is 2. The number of carbonyl (C=O) groups is 1. The molecule has 0 aliphatic carbocycles. The summed E-state index contributed by atoms with van der Waals surface area (Å²) in [7, 11) is 0. The fraction of sp³-hybridized carbons (Fsp3) is 0.300. The molecule has 0 radical (unpaired) electrons. The number of H-pyrrole nitrogens is 1. The second kappa shape index (κ2) is 6.87. The molecule has 1 amide bonds. The molecule has 1 atom stereocenters. The van der Waals surface area contributed by atoms with Crippen molar-refractivity contribution in [1.29, 1.82) is 0 Å². The van der Waals surface area contributed by atoms with Gasteiger partial charge in [0.1, 0.15) is 10.7 Å². The van der Waals surface area contributed by atoms with E-state index in [9.17, 15) is 9.59 Å². The van der Waals surface area contributed by atoms with Crippen LogP contribution in [0, 0.1) is 6.92 Å². The molecule has 0 saturated heterocycles. The number of imidazole rings is 1. The molecule has 7 nitrogen and oxygen atoms in total. The summed E-state index contributed by atoms with van der Waals surface area (Å²) in [4.78, 5) is 37.6. The molecule has 4 aromatic rings. The van der Waals surface area contributed by atoms with Crippen molar-refractivity contribution in [3.8, 4) is 0 Å². The number of nitrogens with zero attached hydrogens (tertiary/aromatic N) is 3. The number of aromatic nitrogens is 4. The third-order valence-corrected chi connectivity index (χ3v) is 6.01. The highest BCUT2D eigenvalue weighted by Crippen LogP contribution is 2.28. The molecule has 0 aliphatic heterocycles. The monoisotopic (exact) mass is 395 g/mol. The van der Waals surface area contributed by atoms with Crippen molar-refractivity contribution in [2.24, 2.45) is 0 Å². The van der Waals surface area contributed by atoms with Gasteiger partial charge in [0, 0.05) is 6.04 Å². The number of nitrogens with one attached hydrogen (secondary N) is 2. The first-order valence-corrected chi connectivity index (χ1v) is 9.94. The highest BCUT2D eigenvalue weighted by atomic mass is 32.1. The molecule has 0 unspecified atom stereocenters. The highest BCUT2D eigenvalue weighted by Gasteiger charge is 2.23. The summed E-state index contributed by atoms with van der Waals surface area (Å²) in [6.07, 6.45) is 1.36. The average molecular weight is 395 g/mol. The summed E-state index contributed by atoms with van der Waals surface area (Å²) in [5.74, 6) is 0.578. The van der Waals surface area contributed by atoms with Gasteiger partial charge in [0.15, 0.2) is 0 Å². The van der Waals surface area contributed by atoms with Crippen molar-refractivity contribution in [3.05, 3.63) is 57.2 Å². The number of amides is 1. The van der Waals surface area contributed by atoms with E-state index >= 15 is 0 Å². The van der Waals surface area contributed by atoms with Gasteiger partial charge in [-0.15, -0.1) is 11.3 Å². The van der Waals surface area contributed by atoms with Crippen LogP contribution in [0.1, 0.15) is 53.9 Å². The van der Waals surface area contributed by atoms with Gasteiger partial charge in [0.2, 0.25) is 0 Å². The number of carbonyl (C=O) groups excluding carboxylic acids is 1. The van der Waals surface area contributed by atoms with Crippen LogP contribution in [0.2, 0.25) is 0 Å². The largest absolute Gasteiger partial charge is 0.342 e. The molecule has 4 rings (SSSR count). The van der Waals surface area contributed by atoms with Crippen LogP contribution in [0.25, 0.3) is 21.3 Å². The molecule has 3 aromatic heterocycles. The molecule has 0 aliphatic rings. The first kappa shape index (κ1) is 18.4. The average Bonchev–Trinajstić information content (AvgIpc) is 3.21. The standard InChI is InChI=1S/C20H21N5O2S/c1-10(2)25-14-8-6-5-7-13(14)24-17(25)12(4)23-19(27)16-11(3)15-18(26)21-9-22-20(15)28-16/h5-10,12H,1-4H3,(H,23,27)(H,21,22,26)/t12-/m1/s1. The summed E-state index contributed by atoms with van der Waals surface area (Å²) in [5.41, 5.74) is 2.37. The summed E-state index contributed by atoms with van der Waals surface area (Å²) in [6, 6.07) is 7.86. The minimum atomic E-state index is -0.293. The van der Waals surface area contributed by atoms with Gasteiger partial charge in [-0.05, 0) is 45.4 Å². The number of rotatable bonds is 4. The molecule has 0 saturated carbocycles. The quantitative estimate of drug-likeness (QED) is 0.551. The molecular weight excluding hydrogens is 374 g/mol. The summed E-state index contributed by atoms with van der Waals surface area (Å²) in [6.45, 7) is 7.89. The number of hydrogen-bond donors (Lipinski definition) is 2. The van der Waals surface area contributed by atoms with E-state index in [4.69, 9.17) is 4.98 Å². The van der Waals surface area contributed by atoms with Crippen LogP contribution in [-0.2, 0) is 0 Å². The fourth-order valence-corrected chi connectivity index (χ4v) is 4.59. The van der Waals surface area contributed by atoms with Gasteiger partial charge in [-0.25, -0.2) is 9.97 Å². The Labute approximate surface area is 165 Å². The van der Waals surface area contributed by atoms with E-state index in [0.717, 1.165) is 16.9 Å². The molecule has 2 N–H and O–H groups in total. The van der Waals surface area contributed by atoms with Crippen molar-refractivity contribution >= 4 is 38.5 Å². The van der Waals surface area contributed by atoms with E-state index in [0.29, 0.717) is 20.7 Å². The zero-order chi connectivity index (χ0) is 20.0. The lowest BCUT2D eigenvalue weighted by Crippen LogP contribution is -2.29. The van der Waals surface area contributed by atoms with Crippen LogP contribution in [0.3, 0.4) is 0 Å². The Balaban J connectivity index is 1.70. The van der Waals surface area contributed by atoms with Crippen LogP contribution in [-0.4, -0.2) is 25.4 Å². The van der Waals surface area contributed by atoms with Crippen LogP contribution >= 0.6 is 11.3 Å². The smallest absolute Gasteiger partial charge is 0.262 e. The molecular formula is C20H21N5O2S. The molecule has 0 bridgehead atoms. The molecule has 0 fully saturated rings. The van der Waals surface area contributed by atoms with E-state index in [-0.39, 0.29) is 23.6 Å². The Bertz CT molecular complexity index is 1250. The molecule has 28 heavy (non-hydrogen) atoms. The van der Waals surface area contributed by atoms with E-state index in [2.05, 4.69) is 33.7 Å². The van der Waals surface area contributed by atoms with E-state index in [1.54, 1.807) is 6.92 Å². The minimum Gasteiger partial charge on any atom is -0.342 e. The minimum absolute atomic E-state index is 0.204. The van der Waals surface area contributed by atoms with E-state index in [1.165, 1.54) is 17.7 Å². The van der Waals surface area contributed by atoms with Crippen molar-refractivity contribution in [1.82, 2.24) is 24.8 Å². The molecule has 144 valence electrons. The lowest BCUT2D eigenvalue weighted by molar-refractivity contribution is 0.0941. The van der Waals surface area contributed by atoms with Crippen LogP contribution < -0.4 is 10.9 Å². The number of aryl methyl sites for hydroxylation is 1. The number of fused-ring (bicyclic) bond motifs is 2. The van der Waals surface area contributed by atoms with Gasteiger partial charge in [0.25, 0.3) is 11.5 Å². The second-order valence-corrected chi connectivity index (χ2v) is 8.08. The van der Waals surface area contributed by atoms with Gasteiger partial charge in [-0.2, -0.15) is 0 Å². The summed E-state index contributed by atoms with van der Waals surface area (Å²) in [5, 5.41) is 3.51. The maximum absolute atomic E-state index is 12.9. The maximum Gasteiger partial charge on any atom is 0.262 e. The van der Waals surface area contributed by atoms with Gasteiger partial charge >= 0.3 is 0 Å². The number of thiophene rings is 1.